The van der Waals surface area contributed by atoms with Gasteiger partial charge in [-0.25, -0.2) is 0 Å². The maximum absolute atomic E-state index is 13.4. The van der Waals surface area contributed by atoms with E-state index in [1.807, 2.05) is 27.7 Å². The predicted octanol–water partition coefficient (Wildman–Crippen LogP) is 5.68. The second-order valence-electron chi connectivity index (χ2n) is 10.3. The minimum absolute atomic E-state index is 0.0969. The highest BCUT2D eigenvalue weighted by Gasteiger charge is 2.46. The van der Waals surface area contributed by atoms with E-state index in [-0.39, 0.29) is 22.4 Å². The van der Waals surface area contributed by atoms with Crippen molar-refractivity contribution in [1.82, 2.24) is 5.32 Å². The number of rotatable bonds is 1. The van der Waals surface area contributed by atoms with Crippen molar-refractivity contribution in [3.05, 3.63) is 57.9 Å². The lowest BCUT2D eigenvalue weighted by Gasteiger charge is -2.44. The van der Waals surface area contributed by atoms with E-state index in [4.69, 9.17) is 0 Å². The van der Waals surface area contributed by atoms with Gasteiger partial charge in [-0.05, 0) is 35.3 Å². The van der Waals surface area contributed by atoms with Gasteiger partial charge in [0.25, 0.3) is 0 Å². The molecule has 1 aromatic carbocycles. The van der Waals surface area contributed by atoms with E-state index >= 15 is 0 Å². The van der Waals surface area contributed by atoms with Crippen molar-refractivity contribution < 1.29 is 22.8 Å². The van der Waals surface area contributed by atoms with Crippen LogP contribution in [0.3, 0.4) is 0 Å². The van der Waals surface area contributed by atoms with Gasteiger partial charge in [0.15, 0.2) is 11.6 Å². The summed E-state index contributed by atoms with van der Waals surface area (Å²) in [5, 5.41) is 3.37. The molecular weight excluding hydrogens is 391 g/mol. The normalized spacial score (nSPS) is 23.8. The predicted molar refractivity (Wildman–Crippen MR) is 107 cm³/mol. The molecule has 0 saturated carbocycles. The number of nitrogens with one attached hydrogen (secondary N) is 1. The van der Waals surface area contributed by atoms with Gasteiger partial charge < -0.3 is 5.32 Å². The number of dihydropyridines is 1. The van der Waals surface area contributed by atoms with E-state index in [1.54, 1.807) is 6.07 Å². The summed E-state index contributed by atoms with van der Waals surface area (Å²) in [5.41, 5.74) is 1.52. The van der Waals surface area contributed by atoms with E-state index in [0.29, 0.717) is 42.4 Å². The summed E-state index contributed by atoms with van der Waals surface area (Å²) in [6.07, 6.45) is -2.63. The van der Waals surface area contributed by atoms with Gasteiger partial charge in [-0.3, -0.25) is 9.59 Å². The summed E-state index contributed by atoms with van der Waals surface area (Å²) in [6, 6.07) is 5.06. The van der Waals surface area contributed by atoms with E-state index in [2.05, 4.69) is 5.32 Å². The van der Waals surface area contributed by atoms with Crippen LogP contribution in [0.25, 0.3) is 0 Å². The Balaban J connectivity index is 1.92. The van der Waals surface area contributed by atoms with Crippen molar-refractivity contribution in [3.8, 4) is 0 Å². The number of carbonyl (C=O) groups excluding carboxylic acids is 2. The minimum Gasteiger partial charge on any atom is -0.362 e. The van der Waals surface area contributed by atoms with Crippen LogP contribution in [0, 0.1) is 10.8 Å². The van der Waals surface area contributed by atoms with E-state index < -0.39 is 17.7 Å². The van der Waals surface area contributed by atoms with Crippen molar-refractivity contribution >= 4 is 11.6 Å². The van der Waals surface area contributed by atoms with Gasteiger partial charge in [0.05, 0.1) is 5.56 Å². The van der Waals surface area contributed by atoms with Crippen molar-refractivity contribution in [1.29, 1.82) is 0 Å². The summed E-state index contributed by atoms with van der Waals surface area (Å²) in [6.45, 7) is 8.04. The number of hydrogen-bond donors (Lipinski definition) is 1. The van der Waals surface area contributed by atoms with Gasteiger partial charge in [-0.1, -0.05) is 45.9 Å². The molecule has 0 amide bonds. The average molecular weight is 417 g/mol. The lowest BCUT2D eigenvalue weighted by molar-refractivity contribution is -0.137. The molecule has 0 bridgehead atoms. The Morgan fingerprint density at radius 1 is 0.867 bits per heavy atom. The average Bonchev–Trinajstić information content (AvgIpc) is 2.57. The van der Waals surface area contributed by atoms with E-state index in [0.717, 1.165) is 23.5 Å². The largest absolute Gasteiger partial charge is 0.416 e. The molecule has 0 atom stereocenters. The Hall–Kier alpha value is -2.37. The summed E-state index contributed by atoms with van der Waals surface area (Å²) in [4.78, 5) is 26.3. The molecule has 4 rings (SSSR count). The third-order valence-electron chi connectivity index (χ3n) is 6.27. The molecule has 3 nitrogen and oxygen atoms in total. The number of hydrogen-bond acceptors (Lipinski definition) is 3. The van der Waals surface area contributed by atoms with Gasteiger partial charge >= 0.3 is 6.18 Å². The lowest BCUT2D eigenvalue weighted by atomic mass is 9.64. The first-order valence-electron chi connectivity index (χ1n) is 10.2. The fourth-order valence-electron chi connectivity index (χ4n) is 5.12. The second kappa shape index (κ2) is 6.56. The van der Waals surface area contributed by atoms with Gasteiger partial charge in [0.1, 0.15) is 0 Å². The van der Waals surface area contributed by atoms with Gasteiger partial charge in [-0.15, -0.1) is 0 Å². The first-order chi connectivity index (χ1) is 13.8. The third kappa shape index (κ3) is 3.61. The Bertz CT molecular complexity index is 960. The molecule has 0 unspecified atom stereocenters. The van der Waals surface area contributed by atoms with Crippen LogP contribution in [0.15, 0.2) is 46.8 Å². The van der Waals surface area contributed by atoms with Crippen molar-refractivity contribution in [2.75, 3.05) is 0 Å². The second-order valence-corrected chi connectivity index (χ2v) is 10.3. The number of ketones is 2. The highest BCUT2D eigenvalue weighted by Crippen LogP contribution is 2.51. The van der Waals surface area contributed by atoms with Crippen LogP contribution in [-0.4, -0.2) is 11.6 Å². The van der Waals surface area contributed by atoms with Crippen LogP contribution in [-0.2, 0) is 15.8 Å². The highest BCUT2D eigenvalue weighted by molar-refractivity contribution is 6.06. The Kier molecular flexibility index (Phi) is 4.57. The molecule has 30 heavy (non-hydrogen) atoms. The molecule has 1 aromatic rings. The zero-order valence-corrected chi connectivity index (χ0v) is 17.7. The smallest absolute Gasteiger partial charge is 0.362 e. The number of halogens is 3. The molecule has 160 valence electrons. The fraction of sp³-hybridized carbons (Fsp3) is 0.500. The molecule has 1 heterocycles. The van der Waals surface area contributed by atoms with Crippen LogP contribution in [0.4, 0.5) is 13.2 Å². The number of allylic oxidation sites excluding steroid dienone is 4. The van der Waals surface area contributed by atoms with Crippen LogP contribution < -0.4 is 5.32 Å². The summed E-state index contributed by atoms with van der Waals surface area (Å²) in [5.74, 6) is -0.938. The molecule has 0 spiro atoms. The van der Waals surface area contributed by atoms with Crippen LogP contribution in [0.2, 0.25) is 0 Å². The van der Waals surface area contributed by atoms with Crippen LogP contribution in [0.1, 0.15) is 70.4 Å². The standard InChI is InChI=1S/C24H26F3NO2/c1-22(2)9-15-20(17(29)11-22)19(13-6-5-7-14(8-13)24(25,26)27)21-16(28-15)10-23(3,4)12-18(21)30/h5-8,19,28H,9-12H2,1-4H3. The fourth-order valence-corrected chi connectivity index (χ4v) is 5.12. The maximum atomic E-state index is 13.4. The summed E-state index contributed by atoms with van der Waals surface area (Å²) in [7, 11) is 0. The van der Waals surface area contributed by atoms with Gasteiger partial charge in [0, 0.05) is 41.3 Å². The quantitative estimate of drug-likeness (QED) is 0.640. The Labute approximate surface area is 174 Å². The minimum atomic E-state index is -4.49. The number of alkyl halides is 3. The lowest BCUT2D eigenvalue weighted by Crippen LogP contribution is -2.42. The molecule has 0 aromatic heterocycles. The number of Topliss-reactive ketones (excluding diaryl/α,β-unsaturated/α-hetero) is 2. The van der Waals surface area contributed by atoms with Gasteiger partial charge in [0.2, 0.25) is 0 Å². The van der Waals surface area contributed by atoms with Crippen molar-refractivity contribution in [2.24, 2.45) is 10.8 Å². The van der Waals surface area contributed by atoms with Gasteiger partial charge in [-0.2, -0.15) is 13.2 Å². The van der Waals surface area contributed by atoms with Crippen LogP contribution in [0.5, 0.6) is 0 Å². The molecule has 1 N–H and O–H groups in total. The molecule has 3 aliphatic rings. The molecule has 0 saturated heterocycles. The Morgan fingerprint density at radius 2 is 1.37 bits per heavy atom. The van der Waals surface area contributed by atoms with Crippen LogP contribution >= 0.6 is 0 Å². The third-order valence-corrected chi connectivity index (χ3v) is 6.27. The molecule has 1 aliphatic heterocycles. The van der Waals surface area contributed by atoms with E-state index in [1.165, 1.54) is 6.07 Å². The zero-order valence-electron chi connectivity index (χ0n) is 17.7. The SMILES string of the molecule is CC1(C)CC(=O)C2=C(C1)NC1=C(C(=O)CC(C)(C)C1)C2c1cccc(C(F)(F)F)c1. The zero-order chi connectivity index (χ0) is 22.1. The van der Waals surface area contributed by atoms with Crippen molar-refractivity contribution in [2.45, 2.75) is 65.5 Å². The molecule has 0 fully saturated rings. The number of benzene rings is 1. The highest BCUT2D eigenvalue weighted by atomic mass is 19.4. The molecular formula is C24H26F3NO2. The van der Waals surface area contributed by atoms with E-state index in [9.17, 15) is 22.8 Å². The monoisotopic (exact) mass is 417 g/mol. The Morgan fingerprint density at radius 3 is 1.83 bits per heavy atom. The summed E-state index contributed by atoms with van der Waals surface area (Å²) >= 11 is 0. The van der Waals surface area contributed by atoms with Crippen molar-refractivity contribution in [3.63, 3.8) is 0 Å². The summed E-state index contributed by atoms with van der Waals surface area (Å²) < 4.78 is 40.2. The first kappa shape index (κ1) is 20.9. The topological polar surface area (TPSA) is 46.2 Å². The first-order valence-corrected chi connectivity index (χ1v) is 10.2. The molecule has 6 heteroatoms. The molecule has 2 aliphatic carbocycles. The number of carbonyl (C=O) groups is 2. The molecule has 0 radical (unpaired) electrons. The maximum Gasteiger partial charge on any atom is 0.416 e.